The van der Waals surface area contributed by atoms with Crippen LogP contribution in [0.3, 0.4) is 0 Å². The second-order valence-electron chi connectivity index (χ2n) is 3.00. The molecule has 0 aromatic carbocycles. The van der Waals surface area contributed by atoms with Crippen LogP contribution in [0, 0.1) is 0 Å². The molecule has 8 heteroatoms. The number of hydrogen-bond donors (Lipinski definition) is 3. The molecule has 0 atom stereocenters. The quantitative estimate of drug-likeness (QED) is 0.678. The smallest absolute Gasteiger partial charge is 0.270 e. The third-order valence-corrected chi connectivity index (χ3v) is 2.75. The van der Waals surface area contributed by atoms with Crippen molar-refractivity contribution in [3.05, 3.63) is 5.69 Å². The molecule has 1 aromatic heterocycles. The molecule has 0 unspecified atom stereocenters. The number of thiazole rings is 1. The molecule has 0 aliphatic carbocycles. The predicted octanol–water partition coefficient (Wildman–Crippen LogP) is 0.259. The van der Waals surface area contributed by atoms with Crippen molar-refractivity contribution in [3.63, 3.8) is 0 Å². The van der Waals surface area contributed by atoms with Crippen LogP contribution < -0.4 is 16.4 Å². The molecule has 0 fully saturated rings. The van der Waals surface area contributed by atoms with Crippen molar-refractivity contribution >= 4 is 33.3 Å². The first-order chi connectivity index (χ1) is 8.08. The molecule has 0 saturated carbocycles. The normalized spacial score (nSPS) is 10.0. The molecule has 1 aromatic rings. The van der Waals surface area contributed by atoms with Crippen molar-refractivity contribution in [1.29, 1.82) is 0 Å². The van der Waals surface area contributed by atoms with Crippen LogP contribution >= 0.6 is 11.3 Å². The molecular formula is C9H14N4O3S. The summed E-state index contributed by atoms with van der Waals surface area (Å²) in [6.07, 6.45) is 0. The van der Waals surface area contributed by atoms with Crippen LogP contribution in [0.5, 0.6) is 0 Å². The van der Waals surface area contributed by atoms with Gasteiger partial charge in [-0.25, -0.2) is 4.98 Å². The Hall–Kier alpha value is -1.67. The van der Waals surface area contributed by atoms with Crippen molar-refractivity contribution in [1.82, 2.24) is 4.98 Å². The fraction of sp³-hybridized carbons (Fsp3) is 0.444. The maximum absolute atomic E-state index is 11.4. The maximum atomic E-state index is 11.4. The topological polar surface area (TPSA) is 106 Å². The lowest BCUT2D eigenvalue weighted by molar-refractivity contribution is -0.120. The van der Waals surface area contributed by atoms with Crippen molar-refractivity contribution < 1.29 is 14.3 Å². The lowest BCUT2D eigenvalue weighted by Gasteiger charge is -2.02. The maximum Gasteiger partial charge on any atom is 0.270 e. The highest BCUT2D eigenvalue weighted by Gasteiger charge is 2.17. The molecule has 17 heavy (non-hydrogen) atoms. The number of primary amides is 1. The average molecular weight is 258 g/mol. The highest BCUT2D eigenvalue weighted by Crippen LogP contribution is 2.27. The average Bonchev–Trinajstić information content (AvgIpc) is 2.69. The number of carbonyl (C=O) groups excluding carboxylic acids is 2. The van der Waals surface area contributed by atoms with Crippen molar-refractivity contribution in [2.24, 2.45) is 5.73 Å². The Morgan fingerprint density at radius 3 is 2.76 bits per heavy atom. The van der Waals surface area contributed by atoms with Crippen LogP contribution in [0.1, 0.15) is 17.4 Å². The molecule has 0 saturated heterocycles. The zero-order valence-corrected chi connectivity index (χ0v) is 10.4. The van der Waals surface area contributed by atoms with Gasteiger partial charge in [-0.3, -0.25) is 9.59 Å². The molecule has 0 radical (unpaired) electrons. The summed E-state index contributed by atoms with van der Waals surface area (Å²) in [5, 5.41) is 6.14. The molecule has 94 valence electrons. The lowest BCUT2D eigenvalue weighted by atomic mass is 10.4. The summed E-state index contributed by atoms with van der Waals surface area (Å²) >= 11 is 1.14. The van der Waals surface area contributed by atoms with Crippen LogP contribution in [0.4, 0.5) is 10.1 Å². The Morgan fingerprint density at radius 1 is 1.53 bits per heavy atom. The van der Waals surface area contributed by atoms with E-state index in [0.29, 0.717) is 16.7 Å². The number of ether oxygens (including phenoxy) is 1. The summed E-state index contributed by atoms with van der Waals surface area (Å²) < 4.78 is 4.94. The number of nitrogens with zero attached hydrogens (tertiary/aromatic N) is 1. The molecule has 2 amide bonds. The Bertz CT molecular complexity index is 418. The molecule has 0 bridgehead atoms. The van der Waals surface area contributed by atoms with E-state index in [0.717, 1.165) is 11.3 Å². The number of aromatic nitrogens is 1. The van der Waals surface area contributed by atoms with E-state index in [1.165, 1.54) is 0 Å². The van der Waals surface area contributed by atoms with Gasteiger partial charge >= 0.3 is 0 Å². The Kier molecular flexibility index (Phi) is 4.85. The van der Waals surface area contributed by atoms with Gasteiger partial charge in [0.1, 0.15) is 11.6 Å². The van der Waals surface area contributed by atoms with E-state index in [4.69, 9.17) is 10.5 Å². The largest absolute Gasteiger partial charge is 0.372 e. The van der Waals surface area contributed by atoms with Crippen LogP contribution in [0.25, 0.3) is 0 Å². The van der Waals surface area contributed by atoms with Crippen molar-refractivity contribution in [3.8, 4) is 0 Å². The molecule has 0 aliphatic rings. The molecule has 0 aliphatic heterocycles. The number of amides is 2. The van der Waals surface area contributed by atoms with Gasteiger partial charge in [0, 0.05) is 13.7 Å². The first-order valence-corrected chi connectivity index (χ1v) is 5.76. The summed E-state index contributed by atoms with van der Waals surface area (Å²) in [4.78, 5) is 26.5. The fourth-order valence-electron chi connectivity index (χ4n) is 1.04. The van der Waals surface area contributed by atoms with Crippen LogP contribution in [0.15, 0.2) is 0 Å². The summed E-state index contributed by atoms with van der Waals surface area (Å²) in [5.41, 5.74) is 5.20. The zero-order chi connectivity index (χ0) is 12.8. The van der Waals surface area contributed by atoms with Gasteiger partial charge in [-0.15, -0.1) is 0 Å². The van der Waals surface area contributed by atoms with E-state index >= 15 is 0 Å². The monoisotopic (exact) mass is 258 g/mol. The van der Waals surface area contributed by atoms with Gasteiger partial charge in [-0.05, 0) is 6.92 Å². The van der Waals surface area contributed by atoms with E-state index in [9.17, 15) is 9.59 Å². The van der Waals surface area contributed by atoms with Gasteiger partial charge in [0.2, 0.25) is 0 Å². The van der Waals surface area contributed by atoms with E-state index in [2.05, 4.69) is 15.6 Å². The second-order valence-corrected chi connectivity index (χ2v) is 4.00. The van der Waals surface area contributed by atoms with Gasteiger partial charge in [-0.1, -0.05) is 11.3 Å². The Balaban J connectivity index is 2.78. The van der Waals surface area contributed by atoms with Gasteiger partial charge < -0.3 is 21.1 Å². The first kappa shape index (κ1) is 13.4. The van der Waals surface area contributed by atoms with Crippen LogP contribution in [-0.4, -0.2) is 37.1 Å². The first-order valence-electron chi connectivity index (χ1n) is 4.94. The minimum absolute atomic E-state index is 0.0456. The zero-order valence-electron chi connectivity index (χ0n) is 9.57. The lowest BCUT2D eigenvalue weighted by Crippen LogP contribution is -2.20. The Labute approximate surface area is 102 Å². The highest BCUT2D eigenvalue weighted by atomic mass is 32.1. The molecule has 1 rings (SSSR count). The van der Waals surface area contributed by atoms with E-state index in [1.807, 2.05) is 0 Å². The van der Waals surface area contributed by atoms with Gasteiger partial charge in [-0.2, -0.15) is 0 Å². The van der Waals surface area contributed by atoms with Gasteiger partial charge in [0.25, 0.3) is 11.8 Å². The second kappa shape index (κ2) is 6.16. The number of nitrogens with one attached hydrogen (secondary N) is 2. The summed E-state index contributed by atoms with van der Waals surface area (Å²) in [5.74, 6) is -1.03. The Morgan fingerprint density at radius 2 is 2.24 bits per heavy atom. The number of rotatable bonds is 6. The van der Waals surface area contributed by atoms with Gasteiger partial charge in [0.15, 0.2) is 10.8 Å². The summed E-state index contributed by atoms with van der Waals surface area (Å²) in [6, 6.07) is 0. The minimum Gasteiger partial charge on any atom is -0.372 e. The van der Waals surface area contributed by atoms with Crippen molar-refractivity contribution in [2.75, 3.05) is 30.9 Å². The number of nitrogens with two attached hydrogens (primary N) is 1. The summed E-state index contributed by atoms with van der Waals surface area (Å²) in [7, 11) is 1.66. The van der Waals surface area contributed by atoms with Crippen LogP contribution in [-0.2, 0) is 9.53 Å². The minimum atomic E-state index is -0.686. The van der Waals surface area contributed by atoms with Crippen LogP contribution in [0.2, 0.25) is 0 Å². The number of carbonyl (C=O) groups is 2. The molecule has 0 spiro atoms. The number of anilines is 2. The third-order valence-electron chi connectivity index (χ3n) is 1.76. The van der Waals surface area contributed by atoms with E-state index in [-0.39, 0.29) is 18.2 Å². The van der Waals surface area contributed by atoms with Gasteiger partial charge in [0.05, 0.1) is 0 Å². The SMILES string of the molecule is CCOCC(=O)Nc1sc(NC)nc1C(N)=O. The molecule has 1 heterocycles. The fourth-order valence-corrected chi connectivity index (χ4v) is 1.88. The highest BCUT2D eigenvalue weighted by molar-refractivity contribution is 7.20. The predicted molar refractivity (Wildman–Crippen MR) is 65.3 cm³/mol. The summed E-state index contributed by atoms with van der Waals surface area (Å²) in [6.45, 7) is 2.16. The number of hydrogen-bond acceptors (Lipinski definition) is 6. The standard InChI is InChI=1S/C9H14N4O3S/c1-3-16-4-5(14)12-8-6(7(10)15)13-9(11-2)17-8/h3-4H2,1-2H3,(H2,10,15)(H,11,13)(H,12,14). The third kappa shape index (κ3) is 3.68. The molecule has 4 N–H and O–H groups in total. The van der Waals surface area contributed by atoms with E-state index in [1.54, 1.807) is 14.0 Å². The van der Waals surface area contributed by atoms with E-state index < -0.39 is 5.91 Å². The molecular weight excluding hydrogens is 244 g/mol. The van der Waals surface area contributed by atoms with Crippen molar-refractivity contribution in [2.45, 2.75) is 6.92 Å². The molecule has 7 nitrogen and oxygen atoms in total.